The summed E-state index contributed by atoms with van der Waals surface area (Å²) >= 11 is 0. The number of nitrogens with one attached hydrogen (secondary N) is 2. The van der Waals surface area contributed by atoms with E-state index in [1.807, 2.05) is 36.4 Å². The zero-order valence-electron chi connectivity index (χ0n) is 12.2. The van der Waals surface area contributed by atoms with Gasteiger partial charge in [-0.15, -0.1) is 0 Å². The lowest BCUT2D eigenvalue weighted by atomic mass is 10.2. The van der Waals surface area contributed by atoms with Crippen molar-refractivity contribution in [3.63, 3.8) is 0 Å². The Bertz CT molecular complexity index is 797. The van der Waals surface area contributed by atoms with E-state index >= 15 is 0 Å². The van der Waals surface area contributed by atoms with Gasteiger partial charge in [0.1, 0.15) is 5.82 Å². The van der Waals surface area contributed by atoms with Crippen LogP contribution < -0.4 is 10.6 Å². The van der Waals surface area contributed by atoms with Gasteiger partial charge in [-0.1, -0.05) is 23.4 Å². The molecule has 6 nitrogen and oxygen atoms in total. The lowest BCUT2D eigenvalue weighted by Gasteiger charge is -2.07. The molecule has 3 rings (SSSR count). The second kappa shape index (κ2) is 6.26. The summed E-state index contributed by atoms with van der Waals surface area (Å²) in [5.74, 6) is 0.735. The molecule has 2 N–H and O–H groups in total. The van der Waals surface area contributed by atoms with E-state index in [1.165, 1.54) is 0 Å². The van der Waals surface area contributed by atoms with Crippen molar-refractivity contribution < 1.29 is 9.32 Å². The Kier molecular flexibility index (Phi) is 4.00. The second-order valence-electron chi connectivity index (χ2n) is 4.90. The number of rotatable bonds is 5. The van der Waals surface area contributed by atoms with Crippen molar-refractivity contribution in [2.24, 2.45) is 0 Å². The SMILES string of the molecule is Cc1cc(C(=O)NCCNc2ccc3ccccc3n2)on1. The van der Waals surface area contributed by atoms with Gasteiger partial charge in [0.2, 0.25) is 5.76 Å². The summed E-state index contributed by atoms with van der Waals surface area (Å²) in [5.41, 5.74) is 1.62. The van der Waals surface area contributed by atoms with Crippen LogP contribution in [0.5, 0.6) is 0 Å². The van der Waals surface area contributed by atoms with E-state index in [1.54, 1.807) is 13.0 Å². The first-order chi connectivity index (χ1) is 10.7. The Morgan fingerprint density at radius 1 is 1.18 bits per heavy atom. The molecule has 0 aliphatic rings. The van der Waals surface area contributed by atoms with Crippen LogP contribution in [0.15, 0.2) is 47.0 Å². The topological polar surface area (TPSA) is 80.0 Å². The number of hydrogen-bond acceptors (Lipinski definition) is 5. The molecule has 1 amide bonds. The molecule has 6 heteroatoms. The Morgan fingerprint density at radius 2 is 2.05 bits per heavy atom. The smallest absolute Gasteiger partial charge is 0.289 e. The molecule has 3 aromatic rings. The van der Waals surface area contributed by atoms with Crippen LogP contribution in [0.3, 0.4) is 0 Å². The van der Waals surface area contributed by atoms with Gasteiger partial charge < -0.3 is 15.2 Å². The number of anilines is 1. The zero-order valence-corrected chi connectivity index (χ0v) is 12.2. The van der Waals surface area contributed by atoms with Crippen LogP contribution in [-0.2, 0) is 0 Å². The van der Waals surface area contributed by atoms with Crippen LogP contribution in [0.4, 0.5) is 5.82 Å². The van der Waals surface area contributed by atoms with Gasteiger partial charge in [0.25, 0.3) is 5.91 Å². The number of benzene rings is 1. The van der Waals surface area contributed by atoms with Gasteiger partial charge in [0.05, 0.1) is 11.2 Å². The van der Waals surface area contributed by atoms with Gasteiger partial charge >= 0.3 is 0 Å². The van der Waals surface area contributed by atoms with Gasteiger partial charge in [-0.05, 0) is 25.1 Å². The minimum Gasteiger partial charge on any atom is -0.368 e. The average molecular weight is 296 g/mol. The number of pyridine rings is 1. The maximum Gasteiger partial charge on any atom is 0.289 e. The molecule has 112 valence electrons. The summed E-state index contributed by atoms with van der Waals surface area (Å²) in [5, 5.41) is 10.7. The molecule has 0 unspecified atom stereocenters. The largest absolute Gasteiger partial charge is 0.368 e. The first kappa shape index (κ1) is 14.1. The van der Waals surface area contributed by atoms with E-state index in [0.717, 1.165) is 16.7 Å². The summed E-state index contributed by atoms with van der Waals surface area (Å²) in [7, 11) is 0. The molecule has 0 aliphatic heterocycles. The first-order valence-electron chi connectivity index (χ1n) is 7.03. The van der Waals surface area contributed by atoms with E-state index in [-0.39, 0.29) is 11.7 Å². The molecule has 0 spiro atoms. The average Bonchev–Trinajstić information content (AvgIpc) is 2.98. The highest BCUT2D eigenvalue weighted by Crippen LogP contribution is 2.14. The predicted molar refractivity (Wildman–Crippen MR) is 83.8 cm³/mol. The number of carbonyl (C=O) groups is 1. The fraction of sp³-hybridized carbons (Fsp3) is 0.188. The van der Waals surface area contributed by atoms with Crippen molar-refractivity contribution in [1.29, 1.82) is 0 Å². The number of nitrogens with zero attached hydrogens (tertiary/aromatic N) is 2. The molecule has 2 aromatic heterocycles. The minimum absolute atomic E-state index is 0.223. The molecule has 0 aliphatic carbocycles. The zero-order chi connectivity index (χ0) is 15.4. The molecule has 0 fully saturated rings. The normalized spacial score (nSPS) is 10.6. The maximum absolute atomic E-state index is 11.8. The Morgan fingerprint density at radius 3 is 2.86 bits per heavy atom. The molecule has 0 atom stereocenters. The third-order valence-electron chi connectivity index (χ3n) is 3.17. The van der Waals surface area contributed by atoms with E-state index in [9.17, 15) is 4.79 Å². The number of aryl methyl sites for hydroxylation is 1. The van der Waals surface area contributed by atoms with Crippen LogP contribution in [0.1, 0.15) is 16.2 Å². The third kappa shape index (κ3) is 3.22. The highest BCUT2D eigenvalue weighted by Gasteiger charge is 2.10. The Hall–Kier alpha value is -2.89. The first-order valence-corrected chi connectivity index (χ1v) is 7.03. The highest BCUT2D eigenvalue weighted by atomic mass is 16.5. The summed E-state index contributed by atoms with van der Waals surface area (Å²) in [6.45, 7) is 2.81. The predicted octanol–water partition coefficient (Wildman–Crippen LogP) is 2.37. The fourth-order valence-electron chi connectivity index (χ4n) is 2.09. The summed E-state index contributed by atoms with van der Waals surface area (Å²) in [4.78, 5) is 16.3. The lowest BCUT2D eigenvalue weighted by Crippen LogP contribution is -2.28. The van der Waals surface area contributed by atoms with Crippen LogP contribution in [0.25, 0.3) is 10.9 Å². The van der Waals surface area contributed by atoms with Crippen molar-refractivity contribution in [3.8, 4) is 0 Å². The third-order valence-corrected chi connectivity index (χ3v) is 3.17. The number of hydrogen-bond donors (Lipinski definition) is 2. The molecule has 0 radical (unpaired) electrons. The molecular weight excluding hydrogens is 280 g/mol. The van der Waals surface area contributed by atoms with Crippen molar-refractivity contribution in [2.75, 3.05) is 18.4 Å². The van der Waals surface area contributed by atoms with Crippen molar-refractivity contribution >= 4 is 22.6 Å². The number of aromatic nitrogens is 2. The monoisotopic (exact) mass is 296 g/mol. The van der Waals surface area contributed by atoms with E-state index in [4.69, 9.17) is 4.52 Å². The van der Waals surface area contributed by atoms with Gasteiger partial charge in [-0.2, -0.15) is 0 Å². The second-order valence-corrected chi connectivity index (χ2v) is 4.90. The Labute approximate surface area is 127 Å². The summed E-state index contributed by atoms with van der Waals surface area (Å²) < 4.78 is 4.89. The van der Waals surface area contributed by atoms with Crippen molar-refractivity contribution in [1.82, 2.24) is 15.5 Å². The standard InChI is InChI=1S/C16H16N4O2/c1-11-10-14(22-20-11)16(21)18-9-8-17-15-7-6-12-4-2-3-5-13(12)19-15/h2-7,10H,8-9H2,1H3,(H,17,19)(H,18,21). The van der Waals surface area contributed by atoms with Crippen molar-refractivity contribution in [3.05, 3.63) is 53.9 Å². The number of carbonyl (C=O) groups excluding carboxylic acids is 1. The van der Waals surface area contributed by atoms with E-state index in [2.05, 4.69) is 20.8 Å². The molecule has 22 heavy (non-hydrogen) atoms. The number of para-hydroxylation sites is 1. The Balaban J connectivity index is 1.51. The van der Waals surface area contributed by atoms with Gasteiger partial charge in [-0.3, -0.25) is 4.79 Å². The van der Waals surface area contributed by atoms with E-state index < -0.39 is 0 Å². The highest BCUT2D eigenvalue weighted by molar-refractivity contribution is 5.91. The maximum atomic E-state index is 11.8. The molecule has 1 aromatic carbocycles. The molecular formula is C16H16N4O2. The molecule has 0 saturated heterocycles. The van der Waals surface area contributed by atoms with Crippen LogP contribution in [0.2, 0.25) is 0 Å². The van der Waals surface area contributed by atoms with Gasteiger partial charge in [0, 0.05) is 24.5 Å². The van der Waals surface area contributed by atoms with Gasteiger partial charge in [0.15, 0.2) is 0 Å². The molecule has 0 bridgehead atoms. The number of fused-ring (bicyclic) bond motifs is 1. The van der Waals surface area contributed by atoms with Crippen LogP contribution >= 0.6 is 0 Å². The lowest BCUT2D eigenvalue weighted by molar-refractivity contribution is 0.0918. The quantitative estimate of drug-likeness (QED) is 0.707. The number of amides is 1. The molecule has 2 heterocycles. The summed E-state index contributed by atoms with van der Waals surface area (Å²) in [6, 6.07) is 13.5. The molecule has 0 saturated carbocycles. The minimum atomic E-state index is -0.270. The summed E-state index contributed by atoms with van der Waals surface area (Å²) in [6.07, 6.45) is 0. The van der Waals surface area contributed by atoms with E-state index in [0.29, 0.717) is 18.8 Å². The van der Waals surface area contributed by atoms with Crippen LogP contribution in [-0.4, -0.2) is 29.1 Å². The van der Waals surface area contributed by atoms with Crippen molar-refractivity contribution in [2.45, 2.75) is 6.92 Å². The fourth-order valence-corrected chi connectivity index (χ4v) is 2.09. The van der Waals surface area contributed by atoms with Gasteiger partial charge in [-0.25, -0.2) is 4.98 Å². The van der Waals surface area contributed by atoms with Crippen LogP contribution in [0, 0.1) is 6.92 Å².